The van der Waals surface area contributed by atoms with Crippen molar-refractivity contribution in [2.75, 3.05) is 19.7 Å². The van der Waals surface area contributed by atoms with E-state index in [-0.39, 0.29) is 18.5 Å². The Labute approximate surface area is 164 Å². The molecule has 1 N–H and O–H groups in total. The zero-order chi connectivity index (χ0) is 16.5. The molecule has 3 heterocycles. The molecule has 0 spiro atoms. The van der Waals surface area contributed by atoms with Crippen molar-refractivity contribution in [1.29, 1.82) is 0 Å². The summed E-state index contributed by atoms with van der Waals surface area (Å²) in [6.45, 7) is 2.02. The Morgan fingerprint density at radius 3 is 2.76 bits per heavy atom. The number of ether oxygens (including phenoxy) is 1. The highest BCUT2D eigenvalue weighted by Gasteiger charge is 2.35. The monoisotopic (exact) mass is 428 g/mol. The highest BCUT2D eigenvalue weighted by Crippen LogP contribution is 2.33. The van der Waals surface area contributed by atoms with Crippen molar-refractivity contribution in [1.82, 2.24) is 10.2 Å². The van der Waals surface area contributed by atoms with E-state index in [4.69, 9.17) is 4.74 Å². The number of nitrogens with zero attached hydrogens (tertiary/aromatic N) is 1. The third kappa shape index (κ3) is 4.57. The molecule has 1 amide bonds. The van der Waals surface area contributed by atoms with Crippen LogP contribution in [0.1, 0.15) is 43.8 Å². The minimum absolute atomic E-state index is 0. The number of piperidine rings is 1. The molecule has 1 aromatic carbocycles. The van der Waals surface area contributed by atoms with Crippen molar-refractivity contribution >= 4 is 34.2 Å². The largest absolute Gasteiger partial charge is 0.370 e. The van der Waals surface area contributed by atoms with E-state index >= 15 is 0 Å². The molecule has 3 fully saturated rings. The Hall–Kier alpha value is -0.620. The minimum Gasteiger partial charge on any atom is -0.370 e. The molecule has 3 unspecified atom stereocenters. The molecule has 138 valence electrons. The molecular weight excluding hydrogens is 404 g/mol. The fraction of sp³-hybridized carbons (Fsp3) is 0.632. The molecule has 3 aliphatic heterocycles. The van der Waals surface area contributed by atoms with Crippen LogP contribution < -0.4 is 5.32 Å². The Kier molecular flexibility index (Phi) is 6.42. The summed E-state index contributed by atoms with van der Waals surface area (Å²) in [5.74, 6) is 0.869. The molecule has 0 radical (unpaired) electrons. The van der Waals surface area contributed by atoms with E-state index in [1.54, 1.807) is 0 Å². The van der Waals surface area contributed by atoms with E-state index < -0.39 is 0 Å². The number of rotatable bonds is 3. The van der Waals surface area contributed by atoms with Gasteiger partial charge in [0, 0.05) is 29.5 Å². The summed E-state index contributed by atoms with van der Waals surface area (Å²) in [5, 5.41) is 3.66. The van der Waals surface area contributed by atoms with Crippen LogP contribution in [0, 0.1) is 5.92 Å². The molecule has 4 rings (SSSR count). The molecule has 1 aromatic rings. The van der Waals surface area contributed by atoms with E-state index in [0.717, 1.165) is 16.6 Å². The Bertz CT molecular complexity index is 603. The fourth-order valence-electron chi connectivity index (χ4n) is 4.50. The summed E-state index contributed by atoms with van der Waals surface area (Å²) in [4.78, 5) is 14.8. The van der Waals surface area contributed by atoms with Gasteiger partial charge in [-0.25, -0.2) is 0 Å². The molecule has 3 atom stereocenters. The van der Waals surface area contributed by atoms with Crippen molar-refractivity contribution in [3.63, 3.8) is 0 Å². The van der Waals surface area contributed by atoms with Crippen LogP contribution in [0.25, 0.3) is 0 Å². The first-order valence-electron chi connectivity index (χ1n) is 9.08. The third-order valence-electron chi connectivity index (χ3n) is 5.67. The zero-order valence-corrected chi connectivity index (χ0v) is 16.7. The van der Waals surface area contributed by atoms with Crippen molar-refractivity contribution < 1.29 is 9.53 Å². The number of nitrogens with one attached hydrogen (secondary N) is 1. The van der Waals surface area contributed by atoms with Crippen LogP contribution >= 0.6 is 28.3 Å². The number of carbonyl (C=O) groups is 1. The molecule has 3 saturated heterocycles. The average molecular weight is 430 g/mol. The van der Waals surface area contributed by atoms with Crippen LogP contribution in [0.5, 0.6) is 0 Å². The number of morpholine rings is 1. The van der Waals surface area contributed by atoms with Gasteiger partial charge < -0.3 is 15.0 Å². The second kappa shape index (κ2) is 8.38. The van der Waals surface area contributed by atoms with Gasteiger partial charge in [-0.1, -0.05) is 28.1 Å². The number of halogens is 2. The smallest absolute Gasteiger partial charge is 0.223 e. The van der Waals surface area contributed by atoms with E-state index in [9.17, 15) is 4.79 Å². The standard InChI is InChI=1S/C19H25BrN2O2.ClH/c20-15-3-1-2-14(11-15)18-12-22(6-7-24-18)19(23)10-13-8-16-4-5-17(9-13)21-16;/h1-3,11,13,16-18,21H,4-10,12H2;1H. The lowest BCUT2D eigenvalue weighted by atomic mass is 9.89. The van der Waals surface area contributed by atoms with Gasteiger partial charge in [0.1, 0.15) is 6.10 Å². The van der Waals surface area contributed by atoms with Crippen LogP contribution in [0.4, 0.5) is 0 Å². The van der Waals surface area contributed by atoms with Gasteiger partial charge in [0.05, 0.1) is 13.2 Å². The summed E-state index contributed by atoms with van der Waals surface area (Å²) in [6, 6.07) is 9.51. The van der Waals surface area contributed by atoms with E-state index in [2.05, 4.69) is 33.4 Å². The molecule has 0 aliphatic carbocycles. The number of amides is 1. The summed E-state index contributed by atoms with van der Waals surface area (Å²) < 4.78 is 6.96. The summed E-state index contributed by atoms with van der Waals surface area (Å²) >= 11 is 3.51. The molecule has 2 bridgehead atoms. The van der Waals surface area contributed by atoms with E-state index in [1.807, 2.05) is 17.0 Å². The molecule has 25 heavy (non-hydrogen) atoms. The van der Waals surface area contributed by atoms with Gasteiger partial charge in [-0.3, -0.25) is 4.79 Å². The molecule has 4 nitrogen and oxygen atoms in total. The maximum Gasteiger partial charge on any atom is 0.223 e. The predicted molar refractivity (Wildman–Crippen MR) is 104 cm³/mol. The van der Waals surface area contributed by atoms with Crippen molar-refractivity contribution in [2.45, 2.75) is 50.3 Å². The lowest BCUT2D eigenvalue weighted by molar-refractivity contribution is -0.140. The van der Waals surface area contributed by atoms with Crippen molar-refractivity contribution in [3.05, 3.63) is 34.3 Å². The number of hydrogen-bond acceptors (Lipinski definition) is 3. The van der Waals surface area contributed by atoms with Crippen LogP contribution in [0.3, 0.4) is 0 Å². The van der Waals surface area contributed by atoms with Gasteiger partial charge in [-0.2, -0.15) is 0 Å². The average Bonchev–Trinajstić information content (AvgIpc) is 2.93. The first-order valence-corrected chi connectivity index (χ1v) is 9.87. The third-order valence-corrected chi connectivity index (χ3v) is 6.17. The van der Waals surface area contributed by atoms with Gasteiger partial charge in [-0.15, -0.1) is 12.4 Å². The van der Waals surface area contributed by atoms with Gasteiger partial charge in [-0.05, 0) is 49.3 Å². The first kappa shape index (κ1) is 19.2. The molecule has 0 aromatic heterocycles. The lowest BCUT2D eigenvalue weighted by Crippen LogP contribution is -2.44. The lowest BCUT2D eigenvalue weighted by Gasteiger charge is -2.35. The molecule has 3 aliphatic rings. The SMILES string of the molecule is Cl.O=C(CC1CC2CCC(C1)N2)N1CCOC(c2cccc(Br)c2)C1. The van der Waals surface area contributed by atoms with Crippen LogP contribution in [0.15, 0.2) is 28.7 Å². The van der Waals surface area contributed by atoms with Crippen LogP contribution in [-0.2, 0) is 9.53 Å². The number of hydrogen-bond donors (Lipinski definition) is 1. The highest BCUT2D eigenvalue weighted by molar-refractivity contribution is 9.10. The Morgan fingerprint density at radius 2 is 2.04 bits per heavy atom. The van der Waals surface area contributed by atoms with Gasteiger partial charge in [0.2, 0.25) is 5.91 Å². The van der Waals surface area contributed by atoms with Crippen molar-refractivity contribution in [3.8, 4) is 0 Å². The summed E-state index contributed by atoms with van der Waals surface area (Å²) in [7, 11) is 0. The van der Waals surface area contributed by atoms with Gasteiger partial charge in [0.25, 0.3) is 0 Å². The van der Waals surface area contributed by atoms with Gasteiger partial charge >= 0.3 is 0 Å². The molecule has 6 heteroatoms. The fourth-order valence-corrected chi connectivity index (χ4v) is 4.92. The maximum absolute atomic E-state index is 12.8. The second-order valence-electron chi connectivity index (χ2n) is 7.43. The van der Waals surface area contributed by atoms with E-state index in [1.165, 1.54) is 25.7 Å². The van der Waals surface area contributed by atoms with Crippen LogP contribution in [-0.4, -0.2) is 42.6 Å². The minimum atomic E-state index is -0.00981. The Balaban J connectivity index is 0.00000182. The highest BCUT2D eigenvalue weighted by atomic mass is 79.9. The summed E-state index contributed by atoms with van der Waals surface area (Å²) in [5.41, 5.74) is 1.14. The number of fused-ring (bicyclic) bond motifs is 2. The second-order valence-corrected chi connectivity index (χ2v) is 8.35. The zero-order valence-electron chi connectivity index (χ0n) is 14.3. The Morgan fingerprint density at radius 1 is 1.28 bits per heavy atom. The maximum atomic E-state index is 12.8. The van der Waals surface area contributed by atoms with Gasteiger partial charge in [0.15, 0.2) is 0 Å². The van der Waals surface area contributed by atoms with Crippen molar-refractivity contribution in [2.24, 2.45) is 5.92 Å². The molecule has 0 saturated carbocycles. The summed E-state index contributed by atoms with van der Waals surface area (Å²) in [6.07, 6.45) is 5.61. The first-order chi connectivity index (χ1) is 11.7. The topological polar surface area (TPSA) is 41.6 Å². The van der Waals surface area contributed by atoms with E-state index in [0.29, 0.717) is 43.5 Å². The number of carbonyl (C=O) groups excluding carboxylic acids is 1. The predicted octanol–water partition coefficient (Wildman–Crippen LogP) is 3.69. The number of benzene rings is 1. The van der Waals surface area contributed by atoms with Crippen LogP contribution in [0.2, 0.25) is 0 Å². The normalized spacial score (nSPS) is 31.5. The quantitative estimate of drug-likeness (QED) is 0.797. The molecular formula is C19H26BrClN2O2.